The molecule has 0 aromatic heterocycles. The van der Waals surface area contributed by atoms with Crippen LogP contribution in [0.2, 0.25) is 0 Å². The molecule has 1 aromatic carbocycles. The van der Waals surface area contributed by atoms with Gasteiger partial charge in [0.2, 0.25) is 0 Å². The highest BCUT2D eigenvalue weighted by Gasteiger charge is 2.28. The first kappa shape index (κ1) is 19.0. The Morgan fingerprint density at radius 3 is 2.21 bits per heavy atom. The van der Waals surface area contributed by atoms with Crippen molar-refractivity contribution in [3.8, 4) is 11.5 Å². The molecule has 24 heavy (non-hydrogen) atoms. The highest BCUT2D eigenvalue weighted by molar-refractivity contribution is 7.86. The number of methoxy groups -OCH3 is 2. The van der Waals surface area contributed by atoms with E-state index in [9.17, 15) is 8.42 Å². The van der Waals surface area contributed by atoms with E-state index in [2.05, 4.69) is 4.90 Å². The van der Waals surface area contributed by atoms with Crippen molar-refractivity contribution in [3.63, 3.8) is 0 Å². The van der Waals surface area contributed by atoms with Gasteiger partial charge in [-0.3, -0.25) is 0 Å². The van der Waals surface area contributed by atoms with E-state index in [4.69, 9.17) is 9.47 Å². The average Bonchev–Trinajstić information content (AvgIpc) is 2.59. The van der Waals surface area contributed by atoms with Crippen molar-refractivity contribution in [2.24, 2.45) is 0 Å². The lowest BCUT2D eigenvalue weighted by Gasteiger charge is -2.35. The molecule has 0 unspecified atom stereocenters. The molecule has 0 spiro atoms. The minimum absolute atomic E-state index is 0.534. The van der Waals surface area contributed by atoms with Crippen LogP contribution >= 0.6 is 0 Å². The van der Waals surface area contributed by atoms with Gasteiger partial charge in [-0.25, -0.2) is 0 Å². The van der Waals surface area contributed by atoms with Crippen molar-refractivity contribution >= 4 is 10.2 Å². The number of nitrogens with zero attached hydrogens (tertiary/aromatic N) is 3. The van der Waals surface area contributed by atoms with Crippen LogP contribution in [-0.2, 0) is 16.6 Å². The molecule has 1 heterocycles. The van der Waals surface area contributed by atoms with E-state index in [1.54, 1.807) is 32.6 Å². The Balaban J connectivity index is 1.87. The van der Waals surface area contributed by atoms with Gasteiger partial charge in [-0.2, -0.15) is 17.0 Å². The fourth-order valence-corrected chi connectivity index (χ4v) is 3.82. The van der Waals surface area contributed by atoms with Gasteiger partial charge in [-0.15, -0.1) is 0 Å². The van der Waals surface area contributed by atoms with E-state index < -0.39 is 10.2 Å². The van der Waals surface area contributed by atoms with Crippen molar-refractivity contribution in [2.75, 3.05) is 61.0 Å². The lowest BCUT2D eigenvalue weighted by Crippen LogP contribution is -2.51. The molecule has 0 N–H and O–H groups in total. The zero-order valence-corrected chi connectivity index (χ0v) is 15.7. The van der Waals surface area contributed by atoms with E-state index in [0.717, 1.165) is 37.6 Å². The summed E-state index contributed by atoms with van der Waals surface area (Å²) in [6.45, 7) is 3.46. The SMILES string of the molecule is COc1ccc(CCN2CCN(S(=O)(=O)N(C)C)CC2)cc1OC. The van der Waals surface area contributed by atoms with Crippen LogP contribution < -0.4 is 9.47 Å². The number of benzene rings is 1. The Labute approximate surface area is 144 Å². The molecule has 1 aliphatic rings. The maximum atomic E-state index is 12.1. The lowest BCUT2D eigenvalue weighted by molar-refractivity contribution is 0.185. The summed E-state index contributed by atoms with van der Waals surface area (Å²) < 4.78 is 37.6. The normalized spacial score (nSPS) is 17.2. The average molecular weight is 357 g/mol. The number of ether oxygens (including phenoxy) is 2. The number of hydrogen-bond donors (Lipinski definition) is 0. The Kier molecular flexibility index (Phi) is 6.45. The first-order valence-corrected chi connectivity index (χ1v) is 9.39. The Hall–Kier alpha value is -1.35. The molecule has 0 aliphatic carbocycles. The predicted octanol–water partition coefficient (Wildman–Crippen LogP) is 0.670. The van der Waals surface area contributed by atoms with Crippen molar-refractivity contribution in [1.29, 1.82) is 0 Å². The molecule has 0 atom stereocenters. The van der Waals surface area contributed by atoms with Gasteiger partial charge in [0, 0.05) is 46.8 Å². The lowest BCUT2D eigenvalue weighted by atomic mass is 10.1. The topological polar surface area (TPSA) is 62.3 Å². The van der Waals surface area contributed by atoms with E-state index in [1.165, 1.54) is 9.87 Å². The molecular weight excluding hydrogens is 330 g/mol. The standard InChI is InChI=1S/C16H27N3O4S/c1-17(2)24(20,21)19-11-9-18(10-12-19)8-7-14-5-6-15(22-3)16(13-14)23-4/h5-6,13H,7-12H2,1-4H3. The second-order valence-corrected chi connectivity index (χ2v) is 8.11. The highest BCUT2D eigenvalue weighted by Crippen LogP contribution is 2.27. The van der Waals surface area contributed by atoms with Crippen LogP contribution in [0.4, 0.5) is 0 Å². The monoisotopic (exact) mass is 357 g/mol. The fourth-order valence-electron chi connectivity index (χ4n) is 2.74. The second kappa shape index (κ2) is 8.15. The molecule has 1 saturated heterocycles. The fraction of sp³-hybridized carbons (Fsp3) is 0.625. The van der Waals surface area contributed by atoms with E-state index in [0.29, 0.717) is 13.1 Å². The summed E-state index contributed by atoms with van der Waals surface area (Å²) >= 11 is 0. The van der Waals surface area contributed by atoms with Gasteiger partial charge in [0.25, 0.3) is 10.2 Å². The summed E-state index contributed by atoms with van der Waals surface area (Å²) in [5, 5.41) is 0. The van der Waals surface area contributed by atoms with Crippen LogP contribution in [0.3, 0.4) is 0 Å². The quantitative estimate of drug-likeness (QED) is 0.718. The second-order valence-electron chi connectivity index (χ2n) is 5.97. The molecule has 1 aliphatic heterocycles. The molecule has 8 heteroatoms. The first-order valence-electron chi connectivity index (χ1n) is 7.99. The molecular formula is C16H27N3O4S. The van der Waals surface area contributed by atoms with E-state index >= 15 is 0 Å². The van der Waals surface area contributed by atoms with Crippen LogP contribution in [-0.4, -0.2) is 83.0 Å². The smallest absolute Gasteiger partial charge is 0.281 e. The maximum absolute atomic E-state index is 12.1. The summed E-state index contributed by atoms with van der Waals surface area (Å²) in [7, 11) is 3.09. The van der Waals surface area contributed by atoms with Gasteiger partial charge in [-0.05, 0) is 24.1 Å². The van der Waals surface area contributed by atoms with Crippen molar-refractivity contribution in [2.45, 2.75) is 6.42 Å². The summed E-state index contributed by atoms with van der Waals surface area (Å²) in [5.41, 5.74) is 1.18. The zero-order valence-electron chi connectivity index (χ0n) is 14.9. The third kappa shape index (κ3) is 4.38. The van der Waals surface area contributed by atoms with Crippen molar-refractivity contribution < 1.29 is 17.9 Å². The third-order valence-electron chi connectivity index (χ3n) is 4.28. The molecule has 136 valence electrons. The number of hydrogen-bond acceptors (Lipinski definition) is 5. The van der Waals surface area contributed by atoms with Gasteiger partial charge in [0.15, 0.2) is 11.5 Å². The molecule has 2 rings (SSSR count). The summed E-state index contributed by atoms with van der Waals surface area (Å²) in [4.78, 5) is 2.29. The van der Waals surface area contributed by atoms with Crippen molar-refractivity contribution in [1.82, 2.24) is 13.5 Å². The Morgan fingerprint density at radius 1 is 1.04 bits per heavy atom. The maximum Gasteiger partial charge on any atom is 0.281 e. The molecule has 0 bridgehead atoms. The number of rotatable bonds is 7. The molecule has 1 fully saturated rings. The molecule has 0 amide bonds. The Morgan fingerprint density at radius 2 is 1.67 bits per heavy atom. The van der Waals surface area contributed by atoms with E-state index in [-0.39, 0.29) is 0 Å². The van der Waals surface area contributed by atoms with Gasteiger partial charge < -0.3 is 14.4 Å². The molecule has 7 nitrogen and oxygen atoms in total. The highest BCUT2D eigenvalue weighted by atomic mass is 32.2. The van der Waals surface area contributed by atoms with Gasteiger partial charge in [0.1, 0.15) is 0 Å². The van der Waals surface area contributed by atoms with Crippen LogP contribution in [0.1, 0.15) is 5.56 Å². The summed E-state index contributed by atoms with van der Waals surface area (Å²) in [6.07, 6.45) is 0.890. The predicted molar refractivity (Wildman–Crippen MR) is 93.9 cm³/mol. The Bertz CT molecular complexity index is 641. The van der Waals surface area contributed by atoms with Crippen LogP contribution in [0.5, 0.6) is 11.5 Å². The van der Waals surface area contributed by atoms with Gasteiger partial charge in [0.05, 0.1) is 14.2 Å². The van der Waals surface area contributed by atoms with Gasteiger partial charge in [-0.1, -0.05) is 6.07 Å². The van der Waals surface area contributed by atoms with Crippen LogP contribution in [0, 0.1) is 0 Å². The largest absolute Gasteiger partial charge is 0.493 e. The number of piperazine rings is 1. The van der Waals surface area contributed by atoms with Gasteiger partial charge >= 0.3 is 0 Å². The van der Waals surface area contributed by atoms with Crippen LogP contribution in [0.25, 0.3) is 0 Å². The van der Waals surface area contributed by atoms with Crippen LogP contribution in [0.15, 0.2) is 18.2 Å². The summed E-state index contributed by atoms with van der Waals surface area (Å²) in [6, 6.07) is 5.94. The zero-order chi connectivity index (χ0) is 17.7. The minimum Gasteiger partial charge on any atom is -0.493 e. The molecule has 0 radical (unpaired) electrons. The van der Waals surface area contributed by atoms with Crippen molar-refractivity contribution in [3.05, 3.63) is 23.8 Å². The minimum atomic E-state index is -3.30. The van der Waals surface area contributed by atoms with E-state index in [1.807, 2.05) is 18.2 Å². The molecule has 0 saturated carbocycles. The first-order chi connectivity index (χ1) is 11.4. The molecule has 1 aromatic rings. The third-order valence-corrected chi connectivity index (χ3v) is 6.22. The summed E-state index contributed by atoms with van der Waals surface area (Å²) in [5.74, 6) is 1.46.